The SMILES string of the molecule is CCCC12CCC(C(=O)O)(CC1)C(c1cccc(C#N)c1C#N)C2. The van der Waals surface area contributed by atoms with Crippen LogP contribution in [0.5, 0.6) is 0 Å². The molecule has 1 atom stereocenters. The van der Waals surface area contributed by atoms with Gasteiger partial charge in [-0.15, -0.1) is 0 Å². The van der Waals surface area contributed by atoms with E-state index in [0.29, 0.717) is 24.0 Å². The highest BCUT2D eigenvalue weighted by molar-refractivity contribution is 5.77. The van der Waals surface area contributed by atoms with Crippen LogP contribution in [0.4, 0.5) is 0 Å². The number of fused-ring (bicyclic) bond motifs is 3. The van der Waals surface area contributed by atoms with Gasteiger partial charge in [-0.1, -0.05) is 25.5 Å². The van der Waals surface area contributed by atoms with Gasteiger partial charge in [0.05, 0.1) is 16.5 Å². The van der Waals surface area contributed by atoms with Crippen molar-refractivity contribution < 1.29 is 9.90 Å². The van der Waals surface area contributed by atoms with Gasteiger partial charge >= 0.3 is 5.97 Å². The highest BCUT2D eigenvalue weighted by Crippen LogP contribution is 2.64. The van der Waals surface area contributed by atoms with E-state index in [2.05, 4.69) is 19.1 Å². The number of carboxylic acid groups (broad SMARTS) is 1. The second-order valence-electron chi connectivity index (χ2n) is 7.46. The van der Waals surface area contributed by atoms with Gasteiger partial charge < -0.3 is 5.11 Å². The lowest BCUT2D eigenvalue weighted by Crippen LogP contribution is -2.51. The maximum absolute atomic E-state index is 12.2. The van der Waals surface area contributed by atoms with E-state index in [1.54, 1.807) is 12.1 Å². The molecule has 0 saturated heterocycles. The molecule has 0 aromatic heterocycles. The number of hydrogen-bond donors (Lipinski definition) is 1. The van der Waals surface area contributed by atoms with E-state index in [0.717, 1.165) is 37.7 Å². The van der Waals surface area contributed by atoms with Crippen molar-refractivity contribution in [1.29, 1.82) is 10.5 Å². The van der Waals surface area contributed by atoms with Crippen LogP contribution in [0.15, 0.2) is 18.2 Å². The summed E-state index contributed by atoms with van der Waals surface area (Å²) in [5.41, 5.74) is 0.895. The standard InChI is InChI=1S/C20H22N2O2/c1-2-6-19-7-9-20(10-8-19,18(23)24)17(11-19)15-5-3-4-14(12-21)16(15)13-22/h3-5,17H,2,6-11H2,1H3,(H,23,24). The number of benzene rings is 1. The second kappa shape index (κ2) is 5.95. The van der Waals surface area contributed by atoms with E-state index in [-0.39, 0.29) is 11.3 Å². The molecular weight excluding hydrogens is 300 g/mol. The van der Waals surface area contributed by atoms with Crippen molar-refractivity contribution in [3.05, 3.63) is 34.9 Å². The van der Waals surface area contributed by atoms with Gasteiger partial charge in [-0.2, -0.15) is 10.5 Å². The van der Waals surface area contributed by atoms with E-state index in [1.807, 2.05) is 6.07 Å². The highest BCUT2D eigenvalue weighted by atomic mass is 16.4. The van der Waals surface area contributed by atoms with Crippen molar-refractivity contribution in [3.8, 4) is 12.1 Å². The van der Waals surface area contributed by atoms with Gasteiger partial charge in [0, 0.05) is 5.92 Å². The zero-order valence-electron chi connectivity index (χ0n) is 14.0. The van der Waals surface area contributed by atoms with Crippen molar-refractivity contribution >= 4 is 5.97 Å². The van der Waals surface area contributed by atoms with Gasteiger partial charge in [0.2, 0.25) is 0 Å². The Morgan fingerprint density at radius 1 is 1.25 bits per heavy atom. The van der Waals surface area contributed by atoms with E-state index >= 15 is 0 Å². The fraction of sp³-hybridized carbons (Fsp3) is 0.550. The van der Waals surface area contributed by atoms with Crippen molar-refractivity contribution in [1.82, 2.24) is 0 Å². The maximum atomic E-state index is 12.2. The zero-order valence-corrected chi connectivity index (χ0v) is 14.0. The number of aliphatic carboxylic acids is 1. The van der Waals surface area contributed by atoms with Gasteiger partial charge in [0.15, 0.2) is 0 Å². The second-order valence-corrected chi connectivity index (χ2v) is 7.46. The lowest BCUT2D eigenvalue weighted by atomic mass is 9.47. The van der Waals surface area contributed by atoms with Gasteiger partial charge in [-0.3, -0.25) is 4.79 Å². The summed E-state index contributed by atoms with van der Waals surface area (Å²) < 4.78 is 0. The first-order valence-electron chi connectivity index (χ1n) is 8.68. The highest BCUT2D eigenvalue weighted by Gasteiger charge is 2.58. The summed E-state index contributed by atoms with van der Waals surface area (Å²) in [6.45, 7) is 2.18. The minimum atomic E-state index is -0.783. The predicted octanol–water partition coefficient (Wildman–Crippen LogP) is 4.35. The summed E-state index contributed by atoms with van der Waals surface area (Å²) in [4.78, 5) is 12.2. The molecule has 2 bridgehead atoms. The molecule has 1 aromatic carbocycles. The molecule has 4 rings (SSSR count). The summed E-state index contributed by atoms with van der Waals surface area (Å²) in [6, 6.07) is 9.50. The van der Waals surface area contributed by atoms with E-state index in [4.69, 9.17) is 0 Å². The molecule has 3 saturated carbocycles. The Hall–Kier alpha value is -2.33. The van der Waals surface area contributed by atoms with Crippen LogP contribution in [0.25, 0.3) is 0 Å². The van der Waals surface area contributed by atoms with Crippen LogP contribution >= 0.6 is 0 Å². The first-order valence-corrected chi connectivity index (χ1v) is 8.68. The largest absolute Gasteiger partial charge is 0.481 e. The van der Waals surface area contributed by atoms with E-state index < -0.39 is 11.4 Å². The Bertz CT molecular complexity index is 746. The normalized spacial score (nSPS) is 31.2. The molecule has 0 spiro atoms. The van der Waals surface area contributed by atoms with Gasteiger partial charge in [-0.25, -0.2) is 0 Å². The Morgan fingerprint density at radius 2 is 1.96 bits per heavy atom. The summed E-state index contributed by atoms with van der Waals surface area (Å²) in [7, 11) is 0. The first-order chi connectivity index (χ1) is 11.5. The fourth-order valence-electron chi connectivity index (χ4n) is 5.14. The molecule has 1 N–H and O–H groups in total. The lowest BCUT2D eigenvalue weighted by molar-refractivity contribution is -0.162. The third kappa shape index (κ3) is 2.29. The average molecular weight is 322 g/mol. The molecule has 0 amide bonds. The van der Waals surface area contributed by atoms with Crippen LogP contribution in [0.3, 0.4) is 0 Å². The van der Waals surface area contributed by atoms with Crippen LogP contribution in [-0.2, 0) is 4.79 Å². The molecule has 3 fully saturated rings. The minimum absolute atomic E-state index is 0.174. The summed E-state index contributed by atoms with van der Waals surface area (Å²) in [5, 5.41) is 28.9. The maximum Gasteiger partial charge on any atom is 0.310 e. The predicted molar refractivity (Wildman–Crippen MR) is 89.1 cm³/mol. The minimum Gasteiger partial charge on any atom is -0.481 e. The van der Waals surface area contributed by atoms with Gasteiger partial charge in [-0.05, 0) is 55.6 Å². The molecule has 1 unspecified atom stereocenters. The average Bonchev–Trinajstić information content (AvgIpc) is 2.61. The molecule has 1 aromatic rings. The molecule has 124 valence electrons. The van der Waals surface area contributed by atoms with Crippen LogP contribution in [0.1, 0.15) is 74.5 Å². The van der Waals surface area contributed by atoms with Crippen molar-refractivity contribution in [2.45, 2.75) is 57.8 Å². The Kier molecular flexibility index (Phi) is 4.10. The third-order valence-corrected chi connectivity index (χ3v) is 6.42. The Labute approximate surface area is 142 Å². The van der Waals surface area contributed by atoms with Crippen molar-refractivity contribution in [2.24, 2.45) is 10.8 Å². The van der Waals surface area contributed by atoms with Crippen LogP contribution < -0.4 is 0 Å². The Balaban J connectivity index is 2.13. The quantitative estimate of drug-likeness (QED) is 0.893. The van der Waals surface area contributed by atoms with Crippen molar-refractivity contribution in [2.75, 3.05) is 0 Å². The number of nitriles is 2. The molecule has 3 aliphatic rings. The topological polar surface area (TPSA) is 84.9 Å². The molecule has 3 aliphatic carbocycles. The van der Waals surface area contributed by atoms with Crippen molar-refractivity contribution in [3.63, 3.8) is 0 Å². The molecule has 4 nitrogen and oxygen atoms in total. The smallest absolute Gasteiger partial charge is 0.310 e. The number of nitrogens with zero attached hydrogens (tertiary/aromatic N) is 2. The van der Waals surface area contributed by atoms with Gasteiger partial charge in [0.1, 0.15) is 12.1 Å². The van der Waals surface area contributed by atoms with Crippen LogP contribution in [-0.4, -0.2) is 11.1 Å². The number of carboxylic acids is 1. The Morgan fingerprint density at radius 3 is 2.50 bits per heavy atom. The molecule has 24 heavy (non-hydrogen) atoms. The van der Waals surface area contributed by atoms with E-state index in [9.17, 15) is 20.4 Å². The summed E-state index contributed by atoms with van der Waals surface area (Å²) in [6.07, 6.45) is 6.29. The van der Waals surface area contributed by atoms with Crippen LogP contribution in [0, 0.1) is 33.5 Å². The zero-order chi connectivity index (χ0) is 17.4. The third-order valence-electron chi connectivity index (χ3n) is 6.42. The fourth-order valence-corrected chi connectivity index (χ4v) is 5.14. The first kappa shape index (κ1) is 16.5. The molecule has 0 aliphatic heterocycles. The molecule has 0 radical (unpaired) electrons. The molecule has 4 heteroatoms. The van der Waals surface area contributed by atoms with E-state index in [1.165, 1.54) is 0 Å². The monoisotopic (exact) mass is 322 g/mol. The molecule has 0 heterocycles. The summed E-state index contributed by atoms with van der Waals surface area (Å²) >= 11 is 0. The lowest BCUT2D eigenvalue weighted by Gasteiger charge is -2.56. The summed E-state index contributed by atoms with van der Waals surface area (Å²) in [5.74, 6) is -0.921. The molecular formula is C20H22N2O2. The van der Waals surface area contributed by atoms with Gasteiger partial charge in [0.25, 0.3) is 0 Å². The van der Waals surface area contributed by atoms with Crippen LogP contribution in [0.2, 0.25) is 0 Å². The number of rotatable bonds is 4. The number of hydrogen-bond acceptors (Lipinski definition) is 3. The number of carbonyl (C=O) groups is 1.